The Morgan fingerprint density at radius 3 is 2.68 bits per heavy atom. The normalized spacial score (nSPS) is 12.1. The third-order valence-corrected chi connectivity index (χ3v) is 4.60. The molecule has 0 aliphatic carbocycles. The lowest BCUT2D eigenvalue weighted by molar-refractivity contribution is 0.207. The SMILES string of the molecule is CCc1nn(C)c(NC(=O)N(C)C(C)Cc2cc(C)ccn2)c1CC. The number of carbonyl (C=O) groups excluding carboxylic acids is 1. The lowest BCUT2D eigenvalue weighted by Crippen LogP contribution is -2.40. The molecule has 6 heteroatoms. The number of aromatic nitrogens is 3. The van der Waals surface area contributed by atoms with E-state index >= 15 is 0 Å². The largest absolute Gasteiger partial charge is 0.324 e. The average Bonchev–Trinajstić information content (AvgIpc) is 2.89. The van der Waals surface area contributed by atoms with Gasteiger partial charge in [0.2, 0.25) is 0 Å². The fourth-order valence-electron chi connectivity index (χ4n) is 2.97. The standard InChI is InChI=1S/C19H29N5O/c1-7-16-17(8-2)22-24(6)18(16)21-19(25)23(5)14(4)12-15-11-13(3)9-10-20-15/h9-11,14H,7-8,12H2,1-6H3,(H,21,25). The first-order chi connectivity index (χ1) is 11.9. The van der Waals surface area contributed by atoms with Gasteiger partial charge in [-0.15, -0.1) is 0 Å². The van der Waals surface area contributed by atoms with E-state index in [-0.39, 0.29) is 12.1 Å². The molecule has 0 radical (unpaired) electrons. The second-order valence-electron chi connectivity index (χ2n) is 6.52. The number of carbonyl (C=O) groups is 1. The number of hydrogen-bond donors (Lipinski definition) is 1. The van der Waals surface area contributed by atoms with Gasteiger partial charge in [0.05, 0.1) is 5.69 Å². The third-order valence-electron chi connectivity index (χ3n) is 4.60. The average molecular weight is 343 g/mol. The van der Waals surface area contributed by atoms with E-state index in [2.05, 4.69) is 35.3 Å². The summed E-state index contributed by atoms with van der Waals surface area (Å²) in [5.74, 6) is 0.789. The minimum absolute atomic E-state index is 0.0400. The summed E-state index contributed by atoms with van der Waals surface area (Å²) < 4.78 is 1.76. The molecule has 1 unspecified atom stereocenters. The molecule has 0 aromatic carbocycles. The van der Waals surface area contributed by atoms with Gasteiger partial charge in [-0.05, 0) is 44.4 Å². The Kier molecular flexibility index (Phi) is 6.17. The van der Waals surface area contributed by atoms with Gasteiger partial charge in [-0.25, -0.2) is 4.79 Å². The van der Waals surface area contributed by atoms with Crippen molar-refractivity contribution in [3.05, 3.63) is 40.8 Å². The van der Waals surface area contributed by atoms with Crippen LogP contribution in [0.3, 0.4) is 0 Å². The number of aryl methyl sites for hydroxylation is 3. The molecular weight excluding hydrogens is 314 g/mol. The monoisotopic (exact) mass is 343 g/mol. The van der Waals surface area contributed by atoms with E-state index in [0.717, 1.165) is 42.0 Å². The van der Waals surface area contributed by atoms with Crippen molar-refractivity contribution in [2.75, 3.05) is 12.4 Å². The topological polar surface area (TPSA) is 63.1 Å². The van der Waals surface area contributed by atoms with Crippen molar-refractivity contribution in [3.63, 3.8) is 0 Å². The Morgan fingerprint density at radius 2 is 2.08 bits per heavy atom. The quantitative estimate of drug-likeness (QED) is 0.875. The molecule has 2 amide bonds. The summed E-state index contributed by atoms with van der Waals surface area (Å²) in [6, 6.07) is 3.95. The molecule has 136 valence electrons. The van der Waals surface area contributed by atoms with Crippen LogP contribution in [0, 0.1) is 6.92 Å². The highest BCUT2D eigenvalue weighted by atomic mass is 16.2. The zero-order valence-corrected chi connectivity index (χ0v) is 16.1. The van der Waals surface area contributed by atoms with Gasteiger partial charge in [0.25, 0.3) is 0 Å². The van der Waals surface area contributed by atoms with Gasteiger partial charge >= 0.3 is 6.03 Å². The van der Waals surface area contributed by atoms with Crippen LogP contribution in [-0.4, -0.2) is 38.8 Å². The number of nitrogens with zero attached hydrogens (tertiary/aromatic N) is 4. The second kappa shape index (κ2) is 8.14. The number of amides is 2. The molecule has 2 aromatic rings. The minimum Gasteiger partial charge on any atom is -0.324 e. The Balaban J connectivity index is 2.08. The molecule has 0 saturated heterocycles. The van der Waals surface area contributed by atoms with Crippen LogP contribution < -0.4 is 5.32 Å². The van der Waals surface area contributed by atoms with Crippen LogP contribution in [0.5, 0.6) is 0 Å². The Labute approximate surface area is 150 Å². The van der Waals surface area contributed by atoms with Gasteiger partial charge in [-0.3, -0.25) is 15.0 Å². The Morgan fingerprint density at radius 1 is 1.36 bits per heavy atom. The highest BCUT2D eigenvalue weighted by Crippen LogP contribution is 2.21. The first-order valence-electron chi connectivity index (χ1n) is 8.87. The van der Waals surface area contributed by atoms with E-state index in [1.54, 1.807) is 9.58 Å². The molecule has 1 atom stereocenters. The molecule has 25 heavy (non-hydrogen) atoms. The van der Waals surface area contributed by atoms with E-state index in [1.807, 2.05) is 40.2 Å². The summed E-state index contributed by atoms with van der Waals surface area (Å²) >= 11 is 0. The van der Waals surface area contributed by atoms with E-state index in [0.29, 0.717) is 0 Å². The summed E-state index contributed by atoms with van der Waals surface area (Å²) in [5, 5.41) is 7.54. The fourth-order valence-corrected chi connectivity index (χ4v) is 2.97. The number of pyridine rings is 1. The molecular formula is C19H29N5O. The van der Waals surface area contributed by atoms with Gasteiger partial charge in [0.1, 0.15) is 5.82 Å². The molecule has 1 N–H and O–H groups in total. The van der Waals surface area contributed by atoms with Crippen molar-refractivity contribution in [2.24, 2.45) is 7.05 Å². The minimum atomic E-state index is -0.125. The molecule has 0 aliphatic heterocycles. The summed E-state index contributed by atoms with van der Waals surface area (Å²) in [6.07, 6.45) is 4.24. The highest BCUT2D eigenvalue weighted by Gasteiger charge is 2.21. The molecule has 0 spiro atoms. The van der Waals surface area contributed by atoms with Crippen LogP contribution in [0.4, 0.5) is 10.6 Å². The lowest BCUT2D eigenvalue weighted by Gasteiger charge is -2.25. The second-order valence-corrected chi connectivity index (χ2v) is 6.52. The van der Waals surface area contributed by atoms with Crippen molar-refractivity contribution in [1.29, 1.82) is 0 Å². The molecule has 0 saturated carbocycles. The highest BCUT2D eigenvalue weighted by molar-refractivity contribution is 5.89. The van der Waals surface area contributed by atoms with Crippen LogP contribution >= 0.6 is 0 Å². The van der Waals surface area contributed by atoms with Crippen LogP contribution in [0.25, 0.3) is 0 Å². The third kappa shape index (κ3) is 4.38. The first-order valence-corrected chi connectivity index (χ1v) is 8.87. The zero-order chi connectivity index (χ0) is 18.6. The van der Waals surface area contributed by atoms with Crippen LogP contribution in [0.2, 0.25) is 0 Å². The van der Waals surface area contributed by atoms with Crippen molar-refractivity contribution in [2.45, 2.75) is 53.0 Å². The summed E-state index contributed by atoms with van der Waals surface area (Å²) in [6.45, 7) is 8.25. The van der Waals surface area contributed by atoms with E-state index in [9.17, 15) is 4.79 Å². The molecule has 2 rings (SSSR count). The Bertz CT molecular complexity index is 737. The summed E-state index contributed by atoms with van der Waals surface area (Å²) in [4.78, 5) is 18.8. The molecule has 2 aromatic heterocycles. The number of likely N-dealkylation sites (N-methyl/N-ethyl adjacent to an activating group) is 1. The maximum atomic E-state index is 12.7. The first kappa shape index (κ1) is 19.0. The van der Waals surface area contributed by atoms with Crippen molar-refractivity contribution in [3.8, 4) is 0 Å². The predicted molar refractivity (Wildman–Crippen MR) is 101 cm³/mol. The zero-order valence-electron chi connectivity index (χ0n) is 16.1. The molecule has 6 nitrogen and oxygen atoms in total. The lowest BCUT2D eigenvalue weighted by atomic mass is 10.1. The van der Waals surface area contributed by atoms with Gasteiger partial charge in [0.15, 0.2) is 0 Å². The fraction of sp³-hybridized carbons (Fsp3) is 0.526. The molecule has 2 heterocycles. The van der Waals surface area contributed by atoms with Gasteiger partial charge in [-0.1, -0.05) is 13.8 Å². The maximum Gasteiger partial charge on any atom is 0.323 e. The number of nitrogens with one attached hydrogen (secondary N) is 1. The molecule has 0 bridgehead atoms. The van der Waals surface area contributed by atoms with Crippen LogP contribution in [0.1, 0.15) is 43.3 Å². The van der Waals surface area contributed by atoms with Crippen molar-refractivity contribution >= 4 is 11.8 Å². The van der Waals surface area contributed by atoms with E-state index in [4.69, 9.17) is 0 Å². The van der Waals surface area contributed by atoms with Gasteiger partial charge in [-0.2, -0.15) is 5.10 Å². The Hall–Kier alpha value is -2.37. The number of rotatable bonds is 6. The predicted octanol–water partition coefficient (Wildman–Crippen LogP) is 3.34. The number of anilines is 1. The summed E-state index contributed by atoms with van der Waals surface area (Å²) in [5.41, 5.74) is 4.33. The molecule has 0 fully saturated rings. The van der Waals surface area contributed by atoms with E-state index < -0.39 is 0 Å². The van der Waals surface area contributed by atoms with Crippen LogP contribution in [-0.2, 0) is 26.3 Å². The molecule has 0 aliphatic rings. The summed E-state index contributed by atoms with van der Waals surface area (Å²) in [7, 11) is 3.69. The number of urea groups is 1. The van der Waals surface area contributed by atoms with E-state index in [1.165, 1.54) is 5.56 Å². The smallest absolute Gasteiger partial charge is 0.323 e. The van der Waals surface area contributed by atoms with Gasteiger partial charge < -0.3 is 4.90 Å². The van der Waals surface area contributed by atoms with Crippen molar-refractivity contribution < 1.29 is 4.79 Å². The van der Waals surface area contributed by atoms with Crippen molar-refractivity contribution in [1.82, 2.24) is 19.7 Å². The van der Waals surface area contributed by atoms with Gasteiger partial charge in [0, 0.05) is 44.0 Å². The number of hydrogen-bond acceptors (Lipinski definition) is 3. The maximum absolute atomic E-state index is 12.7. The van der Waals surface area contributed by atoms with Crippen LogP contribution in [0.15, 0.2) is 18.3 Å².